The molecular formula is C13H17N3O4. The number of nitro benzene ring substituents is 1. The quantitative estimate of drug-likeness (QED) is 0.477. The second kappa shape index (κ2) is 5.46. The number of hydrogen-bond acceptors (Lipinski definition) is 5. The van der Waals surface area contributed by atoms with Crippen LogP contribution in [0, 0.1) is 16.0 Å². The van der Waals surface area contributed by atoms with E-state index in [1.807, 2.05) is 6.92 Å². The second-order valence-electron chi connectivity index (χ2n) is 5.12. The van der Waals surface area contributed by atoms with Gasteiger partial charge in [-0.1, -0.05) is 6.92 Å². The van der Waals surface area contributed by atoms with E-state index in [9.17, 15) is 20.0 Å². The summed E-state index contributed by atoms with van der Waals surface area (Å²) in [4.78, 5) is 24.2. The maximum atomic E-state index is 12.4. The molecular weight excluding hydrogens is 262 g/mol. The van der Waals surface area contributed by atoms with Crippen molar-refractivity contribution in [2.75, 3.05) is 18.8 Å². The van der Waals surface area contributed by atoms with Crippen LogP contribution in [0.1, 0.15) is 23.7 Å². The van der Waals surface area contributed by atoms with Gasteiger partial charge >= 0.3 is 0 Å². The number of carbonyl (C=O) groups excluding carboxylic acids is 1. The number of aliphatic hydroxyl groups is 1. The number of hydrogen-bond donors (Lipinski definition) is 2. The van der Waals surface area contributed by atoms with Crippen LogP contribution in [0.2, 0.25) is 0 Å². The molecule has 108 valence electrons. The molecule has 2 unspecified atom stereocenters. The summed E-state index contributed by atoms with van der Waals surface area (Å²) < 4.78 is 0. The van der Waals surface area contributed by atoms with E-state index in [-0.39, 0.29) is 23.7 Å². The van der Waals surface area contributed by atoms with Crippen molar-refractivity contribution in [3.8, 4) is 0 Å². The molecule has 2 rings (SSSR count). The molecule has 0 aliphatic carbocycles. The molecule has 0 spiro atoms. The number of aliphatic hydroxyl groups excluding tert-OH is 1. The molecule has 7 heteroatoms. The molecule has 1 aliphatic rings. The van der Waals surface area contributed by atoms with Crippen LogP contribution in [0.4, 0.5) is 11.4 Å². The van der Waals surface area contributed by atoms with Gasteiger partial charge in [0.15, 0.2) is 0 Å². The van der Waals surface area contributed by atoms with Gasteiger partial charge in [0.1, 0.15) is 5.56 Å². The lowest BCUT2D eigenvalue weighted by Crippen LogP contribution is -2.45. The average molecular weight is 279 g/mol. The summed E-state index contributed by atoms with van der Waals surface area (Å²) in [6.07, 6.45) is 0.0658. The first kappa shape index (κ1) is 14.3. The molecule has 1 aromatic rings. The highest BCUT2D eigenvalue weighted by atomic mass is 16.6. The molecule has 2 atom stereocenters. The maximum Gasteiger partial charge on any atom is 0.282 e. The van der Waals surface area contributed by atoms with Gasteiger partial charge in [0, 0.05) is 24.8 Å². The highest BCUT2D eigenvalue weighted by Crippen LogP contribution is 2.25. The molecule has 1 aromatic carbocycles. The van der Waals surface area contributed by atoms with Crippen LogP contribution < -0.4 is 5.73 Å². The van der Waals surface area contributed by atoms with Crippen LogP contribution in [0.25, 0.3) is 0 Å². The fourth-order valence-electron chi connectivity index (χ4n) is 2.29. The van der Waals surface area contributed by atoms with E-state index in [2.05, 4.69) is 0 Å². The number of nitrogens with zero attached hydrogens (tertiary/aromatic N) is 2. The predicted molar refractivity (Wildman–Crippen MR) is 73.2 cm³/mol. The Balaban J connectivity index is 2.29. The summed E-state index contributed by atoms with van der Waals surface area (Å²) in [5.41, 5.74) is 5.60. The van der Waals surface area contributed by atoms with Gasteiger partial charge in [-0.05, 0) is 24.5 Å². The van der Waals surface area contributed by atoms with E-state index in [0.29, 0.717) is 18.7 Å². The zero-order valence-electron chi connectivity index (χ0n) is 11.2. The zero-order chi connectivity index (χ0) is 14.9. The normalized spacial score (nSPS) is 22.6. The molecule has 20 heavy (non-hydrogen) atoms. The molecule has 1 saturated heterocycles. The highest BCUT2D eigenvalue weighted by Gasteiger charge is 2.31. The van der Waals surface area contributed by atoms with Crippen LogP contribution in [0.5, 0.6) is 0 Å². The van der Waals surface area contributed by atoms with Crippen molar-refractivity contribution in [2.24, 2.45) is 5.92 Å². The predicted octanol–water partition coefficient (Wildman–Crippen LogP) is 1.02. The van der Waals surface area contributed by atoms with Crippen molar-refractivity contribution < 1.29 is 14.8 Å². The van der Waals surface area contributed by atoms with Crippen molar-refractivity contribution >= 4 is 17.3 Å². The van der Waals surface area contributed by atoms with Crippen LogP contribution in [-0.2, 0) is 0 Å². The van der Waals surface area contributed by atoms with E-state index in [0.717, 1.165) is 0 Å². The maximum absolute atomic E-state index is 12.4. The lowest BCUT2D eigenvalue weighted by Gasteiger charge is -2.34. The zero-order valence-corrected chi connectivity index (χ0v) is 11.2. The van der Waals surface area contributed by atoms with Gasteiger partial charge in [-0.2, -0.15) is 0 Å². The summed E-state index contributed by atoms with van der Waals surface area (Å²) in [6.45, 7) is 2.57. The number of amides is 1. The molecule has 0 aromatic heterocycles. The number of piperidine rings is 1. The van der Waals surface area contributed by atoms with Gasteiger partial charge in [-0.25, -0.2) is 0 Å². The largest absolute Gasteiger partial charge is 0.399 e. The van der Waals surface area contributed by atoms with Gasteiger partial charge in [0.05, 0.1) is 11.0 Å². The molecule has 0 bridgehead atoms. The van der Waals surface area contributed by atoms with E-state index < -0.39 is 16.9 Å². The number of β-amino-alcohol motifs (C(OH)–C–C–N with tert-alkyl or cyclic N) is 1. The number of rotatable bonds is 2. The van der Waals surface area contributed by atoms with Crippen molar-refractivity contribution in [3.05, 3.63) is 33.9 Å². The Kier molecular flexibility index (Phi) is 3.89. The van der Waals surface area contributed by atoms with Crippen molar-refractivity contribution in [1.82, 2.24) is 4.90 Å². The van der Waals surface area contributed by atoms with E-state index >= 15 is 0 Å². The first-order valence-corrected chi connectivity index (χ1v) is 6.41. The Bertz CT molecular complexity index is 546. The fourth-order valence-corrected chi connectivity index (χ4v) is 2.29. The van der Waals surface area contributed by atoms with Crippen molar-refractivity contribution in [3.63, 3.8) is 0 Å². The molecule has 1 fully saturated rings. The van der Waals surface area contributed by atoms with Gasteiger partial charge in [0.2, 0.25) is 0 Å². The Labute approximate surface area is 116 Å². The first-order chi connectivity index (χ1) is 9.40. The lowest BCUT2D eigenvalue weighted by molar-refractivity contribution is -0.385. The number of likely N-dealkylation sites (tertiary alicyclic amines) is 1. The van der Waals surface area contributed by atoms with Crippen LogP contribution in [0.15, 0.2) is 18.2 Å². The monoisotopic (exact) mass is 279 g/mol. The SMILES string of the molecule is CC1CCN(C(=O)c2cc(N)ccc2[N+](=O)[O-])CC1O. The van der Waals surface area contributed by atoms with Crippen molar-refractivity contribution in [1.29, 1.82) is 0 Å². The van der Waals surface area contributed by atoms with E-state index in [1.165, 1.54) is 23.1 Å². The number of anilines is 1. The minimum absolute atomic E-state index is 0.0308. The molecule has 1 heterocycles. The summed E-state index contributed by atoms with van der Waals surface area (Å²) in [5.74, 6) is -0.343. The Hall–Kier alpha value is -2.15. The summed E-state index contributed by atoms with van der Waals surface area (Å²) >= 11 is 0. The van der Waals surface area contributed by atoms with Gasteiger partial charge < -0.3 is 15.7 Å². The molecule has 0 radical (unpaired) electrons. The average Bonchev–Trinajstić information content (AvgIpc) is 2.40. The Morgan fingerprint density at radius 3 is 2.85 bits per heavy atom. The molecule has 3 N–H and O–H groups in total. The summed E-state index contributed by atoms with van der Waals surface area (Å²) in [6, 6.07) is 3.93. The van der Waals surface area contributed by atoms with Gasteiger partial charge in [-0.15, -0.1) is 0 Å². The van der Waals surface area contributed by atoms with Crippen LogP contribution in [0.3, 0.4) is 0 Å². The lowest BCUT2D eigenvalue weighted by atomic mass is 9.95. The third-order valence-electron chi connectivity index (χ3n) is 3.65. The summed E-state index contributed by atoms with van der Waals surface area (Å²) in [5, 5.41) is 20.8. The fraction of sp³-hybridized carbons (Fsp3) is 0.462. The molecule has 0 saturated carbocycles. The standard InChI is InChI=1S/C13H17N3O4/c1-8-4-5-15(7-12(8)17)13(18)10-6-9(14)2-3-11(10)16(19)20/h2-3,6,8,12,17H,4-5,7,14H2,1H3. The number of nitrogens with two attached hydrogens (primary N) is 1. The topological polar surface area (TPSA) is 110 Å². The minimum atomic E-state index is -0.604. The van der Waals surface area contributed by atoms with E-state index in [4.69, 9.17) is 5.73 Å². The van der Waals surface area contributed by atoms with Crippen molar-refractivity contribution in [2.45, 2.75) is 19.4 Å². The molecule has 7 nitrogen and oxygen atoms in total. The van der Waals surface area contributed by atoms with Crippen LogP contribution in [-0.4, -0.2) is 40.0 Å². The number of nitrogen functional groups attached to an aromatic ring is 1. The number of carbonyl (C=O) groups is 1. The number of benzene rings is 1. The Morgan fingerprint density at radius 2 is 2.25 bits per heavy atom. The second-order valence-corrected chi connectivity index (χ2v) is 5.12. The minimum Gasteiger partial charge on any atom is -0.399 e. The Morgan fingerprint density at radius 1 is 1.55 bits per heavy atom. The smallest absolute Gasteiger partial charge is 0.282 e. The molecule has 1 aliphatic heterocycles. The third kappa shape index (κ3) is 2.72. The van der Waals surface area contributed by atoms with Crippen LogP contribution >= 0.6 is 0 Å². The highest BCUT2D eigenvalue weighted by molar-refractivity contribution is 5.99. The van der Waals surface area contributed by atoms with Gasteiger partial charge in [0.25, 0.3) is 11.6 Å². The van der Waals surface area contributed by atoms with E-state index in [1.54, 1.807) is 0 Å². The third-order valence-corrected chi connectivity index (χ3v) is 3.65. The first-order valence-electron chi connectivity index (χ1n) is 6.41. The van der Waals surface area contributed by atoms with Gasteiger partial charge in [-0.3, -0.25) is 14.9 Å². The molecule has 1 amide bonds. The number of nitro groups is 1. The summed E-state index contributed by atoms with van der Waals surface area (Å²) in [7, 11) is 0.